The summed E-state index contributed by atoms with van der Waals surface area (Å²) >= 11 is 0. The summed E-state index contributed by atoms with van der Waals surface area (Å²) in [5.41, 5.74) is 11.0. The van der Waals surface area contributed by atoms with Gasteiger partial charge in [-0.15, -0.1) is 0 Å². The Morgan fingerprint density at radius 1 is 0.735 bits per heavy atom. The number of allylic oxidation sites excluding steroid dienone is 8. The van der Waals surface area contributed by atoms with Gasteiger partial charge >= 0.3 is 0 Å². The van der Waals surface area contributed by atoms with Gasteiger partial charge in [0.05, 0.1) is 0 Å². The van der Waals surface area contributed by atoms with Gasteiger partial charge in [0, 0.05) is 0 Å². The van der Waals surface area contributed by atoms with Gasteiger partial charge in [-0.1, -0.05) is 115 Å². The van der Waals surface area contributed by atoms with Crippen LogP contribution < -0.4 is 0 Å². The van der Waals surface area contributed by atoms with E-state index in [9.17, 15) is 0 Å². The van der Waals surface area contributed by atoms with Gasteiger partial charge in [0.2, 0.25) is 0 Å². The molecule has 0 aliphatic heterocycles. The highest BCUT2D eigenvalue weighted by atomic mass is 14.2. The first-order valence-electron chi connectivity index (χ1n) is 12.6. The van der Waals surface area contributed by atoms with Gasteiger partial charge in [-0.05, 0) is 90.3 Å². The van der Waals surface area contributed by atoms with Gasteiger partial charge in [-0.25, -0.2) is 0 Å². The first kappa shape index (κ1) is 22.4. The van der Waals surface area contributed by atoms with E-state index in [0.29, 0.717) is 11.8 Å². The van der Waals surface area contributed by atoms with Gasteiger partial charge in [0.25, 0.3) is 0 Å². The minimum absolute atomic E-state index is 0.552. The maximum Gasteiger partial charge on any atom is -0.0146 e. The molecule has 0 aromatic heterocycles. The molecule has 5 rings (SSSR count). The molecule has 0 fully saturated rings. The summed E-state index contributed by atoms with van der Waals surface area (Å²) in [7, 11) is 0. The van der Waals surface area contributed by atoms with Crippen LogP contribution in [-0.2, 0) is 12.8 Å². The summed E-state index contributed by atoms with van der Waals surface area (Å²) in [6.07, 6.45) is 20.6. The second-order valence-electron chi connectivity index (χ2n) is 9.90. The van der Waals surface area contributed by atoms with Crippen LogP contribution in [0.1, 0.15) is 40.7 Å². The average Bonchev–Trinajstić information content (AvgIpc) is 2.87. The van der Waals surface area contributed by atoms with Crippen molar-refractivity contribution in [1.82, 2.24) is 0 Å². The van der Waals surface area contributed by atoms with E-state index in [1.165, 1.54) is 44.5 Å². The molecule has 2 aliphatic rings. The molecule has 0 bridgehead atoms. The van der Waals surface area contributed by atoms with Gasteiger partial charge in [0.15, 0.2) is 0 Å². The number of hydrogen-bond acceptors (Lipinski definition) is 0. The lowest BCUT2D eigenvalue weighted by Gasteiger charge is -2.20. The second-order valence-corrected chi connectivity index (χ2v) is 9.90. The monoisotopic (exact) mass is 442 g/mol. The highest BCUT2D eigenvalue weighted by Crippen LogP contribution is 2.33. The molecule has 2 aliphatic carbocycles. The van der Waals surface area contributed by atoms with E-state index < -0.39 is 0 Å². The molecule has 34 heavy (non-hydrogen) atoms. The van der Waals surface area contributed by atoms with Crippen LogP contribution in [0.25, 0.3) is 16.7 Å². The molecule has 0 heteroatoms. The van der Waals surface area contributed by atoms with Crippen LogP contribution in [0.4, 0.5) is 0 Å². The Labute approximate surface area is 205 Å². The molecule has 0 spiro atoms. The van der Waals surface area contributed by atoms with Gasteiger partial charge in [0.1, 0.15) is 0 Å². The van der Waals surface area contributed by atoms with Crippen LogP contribution >= 0.6 is 0 Å². The molecule has 2 unspecified atom stereocenters. The molecular formula is C34H34. The summed E-state index contributed by atoms with van der Waals surface area (Å²) in [4.78, 5) is 0. The fourth-order valence-corrected chi connectivity index (χ4v) is 5.20. The van der Waals surface area contributed by atoms with Crippen LogP contribution in [0.2, 0.25) is 0 Å². The lowest BCUT2D eigenvalue weighted by molar-refractivity contribution is 0.648. The normalized spacial score (nSPS) is 19.3. The van der Waals surface area contributed by atoms with Crippen LogP contribution in [0.5, 0.6) is 0 Å². The van der Waals surface area contributed by atoms with Crippen molar-refractivity contribution in [1.29, 1.82) is 0 Å². The van der Waals surface area contributed by atoms with Gasteiger partial charge in [-0.3, -0.25) is 0 Å². The largest absolute Gasteiger partial charge is 0.0840 e. The molecule has 0 heterocycles. The predicted octanol–water partition coefficient (Wildman–Crippen LogP) is 8.85. The molecule has 170 valence electrons. The summed E-state index contributed by atoms with van der Waals surface area (Å²) in [5.74, 6) is 1.14. The molecule has 0 N–H and O–H groups in total. The fraction of sp³-hybridized carbons (Fsp3) is 0.235. The van der Waals surface area contributed by atoms with E-state index in [0.717, 1.165) is 25.7 Å². The Hall–Kier alpha value is -3.38. The zero-order valence-electron chi connectivity index (χ0n) is 20.4. The third kappa shape index (κ3) is 5.23. The number of rotatable bonds is 6. The lowest BCUT2D eigenvalue weighted by atomic mass is 9.84. The Bertz CT molecular complexity index is 1260. The highest BCUT2D eigenvalue weighted by Gasteiger charge is 2.16. The smallest absolute Gasteiger partial charge is 0.0146 e. The Morgan fingerprint density at radius 3 is 2.29 bits per heavy atom. The summed E-state index contributed by atoms with van der Waals surface area (Å²) in [6, 6.07) is 24.9. The molecule has 0 radical (unpaired) electrons. The summed E-state index contributed by atoms with van der Waals surface area (Å²) < 4.78 is 0. The third-order valence-electron chi connectivity index (χ3n) is 7.23. The molecule has 0 amide bonds. The number of hydrogen-bond donors (Lipinski definition) is 0. The molecule has 0 saturated heterocycles. The molecule has 0 nitrogen and oxygen atoms in total. The van der Waals surface area contributed by atoms with Crippen molar-refractivity contribution < 1.29 is 0 Å². The minimum atomic E-state index is 0.552. The van der Waals surface area contributed by atoms with Crippen molar-refractivity contribution in [2.24, 2.45) is 11.8 Å². The van der Waals surface area contributed by atoms with Gasteiger partial charge < -0.3 is 0 Å². The van der Waals surface area contributed by atoms with Crippen molar-refractivity contribution in [2.45, 2.75) is 39.5 Å². The summed E-state index contributed by atoms with van der Waals surface area (Å²) in [6.45, 7) is 4.38. The second kappa shape index (κ2) is 10.3. The zero-order valence-corrected chi connectivity index (χ0v) is 20.4. The molecular weight excluding hydrogens is 408 g/mol. The Kier molecular flexibility index (Phi) is 6.77. The van der Waals surface area contributed by atoms with Crippen molar-refractivity contribution in [3.63, 3.8) is 0 Å². The predicted molar refractivity (Wildman–Crippen MR) is 147 cm³/mol. The van der Waals surface area contributed by atoms with Crippen molar-refractivity contribution in [2.75, 3.05) is 0 Å². The van der Waals surface area contributed by atoms with E-state index in [1.807, 2.05) is 0 Å². The standard InChI is InChI=1S/C34H34/c1-25-12-17-30(18-13-25)31-19-14-28(15-20-31)22-29-16-21-32(23-27-9-4-3-5-10-27)34(24-29)33-11-7-6-8-26(33)2/h3-9,11-14,16-21,24,27-28H,10,15,22-23H2,1-2H3. The first-order valence-corrected chi connectivity index (χ1v) is 12.6. The van der Waals surface area contributed by atoms with E-state index >= 15 is 0 Å². The number of benzene rings is 3. The van der Waals surface area contributed by atoms with E-state index in [1.54, 1.807) is 0 Å². The van der Waals surface area contributed by atoms with Crippen molar-refractivity contribution in [3.05, 3.63) is 137 Å². The first-order chi connectivity index (χ1) is 16.7. The van der Waals surface area contributed by atoms with E-state index in [-0.39, 0.29) is 0 Å². The van der Waals surface area contributed by atoms with E-state index in [4.69, 9.17) is 0 Å². The SMILES string of the molecule is Cc1ccc(C2=CCC(Cc3ccc(CC4C=CC=CC4)c(-c4ccccc4C)c3)C=C2)cc1. The third-order valence-corrected chi connectivity index (χ3v) is 7.23. The van der Waals surface area contributed by atoms with Crippen LogP contribution in [-0.4, -0.2) is 0 Å². The summed E-state index contributed by atoms with van der Waals surface area (Å²) in [5, 5.41) is 0. The van der Waals surface area contributed by atoms with Crippen molar-refractivity contribution in [3.8, 4) is 11.1 Å². The Morgan fingerprint density at radius 2 is 1.56 bits per heavy atom. The molecule has 0 saturated carbocycles. The molecule has 3 aromatic carbocycles. The average molecular weight is 443 g/mol. The minimum Gasteiger partial charge on any atom is -0.0840 e. The lowest BCUT2D eigenvalue weighted by Crippen LogP contribution is -2.07. The van der Waals surface area contributed by atoms with Crippen LogP contribution in [0, 0.1) is 25.7 Å². The topological polar surface area (TPSA) is 0 Å². The maximum atomic E-state index is 2.47. The van der Waals surface area contributed by atoms with Crippen LogP contribution in [0.15, 0.2) is 109 Å². The van der Waals surface area contributed by atoms with Gasteiger partial charge in [-0.2, -0.15) is 0 Å². The van der Waals surface area contributed by atoms with Crippen molar-refractivity contribution >= 4 is 5.57 Å². The fourth-order valence-electron chi connectivity index (χ4n) is 5.20. The van der Waals surface area contributed by atoms with Crippen LogP contribution in [0.3, 0.4) is 0 Å². The molecule has 3 aromatic rings. The maximum absolute atomic E-state index is 2.47. The highest BCUT2D eigenvalue weighted by molar-refractivity contribution is 5.75. The zero-order chi connectivity index (χ0) is 23.3. The van der Waals surface area contributed by atoms with E-state index in [2.05, 4.69) is 123 Å². The Balaban J connectivity index is 1.36. The quantitative estimate of drug-likeness (QED) is 0.358. The molecule has 2 atom stereocenters. The number of aryl methyl sites for hydroxylation is 2.